The number of amides is 1. The van der Waals surface area contributed by atoms with Gasteiger partial charge in [-0.3, -0.25) is 4.79 Å². The molecule has 98 valence electrons. The molecule has 1 saturated carbocycles. The second-order valence-corrected chi connectivity index (χ2v) is 5.24. The van der Waals surface area contributed by atoms with E-state index < -0.39 is 0 Å². The zero-order valence-corrected chi connectivity index (χ0v) is 11.1. The lowest BCUT2D eigenvalue weighted by atomic mass is 9.76. The largest absolute Gasteiger partial charge is 0.378 e. The summed E-state index contributed by atoms with van der Waals surface area (Å²) in [5.41, 5.74) is 7.31. The summed E-state index contributed by atoms with van der Waals surface area (Å²) >= 11 is 0. The molecular formula is C14H21N3O. The Morgan fingerprint density at radius 3 is 2.67 bits per heavy atom. The van der Waals surface area contributed by atoms with Crippen molar-refractivity contribution in [3.8, 4) is 0 Å². The second kappa shape index (κ2) is 4.98. The molecule has 4 heteroatoms. The average Bonchev–Trinajstić information content (AvgIpc) is 2.33. The van der Waals surface area contributed by atoms with Gasteiger partial charge < -0.3 is 16.0 Å². The summed E-state index contributed by atoms with van der Waals surface area (Å²) in [6.07, 6.45) is 3.13. The lowest BCUT2D eigenvalue weighted by molar-refractivity contribution is 0.0837. The molecule has 0 radical (unpaired) electrons. The topological polar surface area (TPSA) is 58.4 Å². The molecule has 3 N–H and O–H groups in total. The Balaban J connectivity index is 2.11. The molecule has 1 aromatic rings. The van der Waals surface area contributed by atoms with Gasteiger partial charge in [-0.15, -0.1) is 0 Å². The normalized spacial score (nSPS) is 16.8. The molecule has 0 aromatic heterocycles. The van der Waals surface area contributed by atoms with Crippen LogP contribution < -0.4 is 16.0 Å². The minimum atomic E-state index is -0.162. The van der Waals surface area contributed by atoms with Gasteiger partial charge in [-0.1, -0.05) is 6.07 Å². The van der Waals surface area contributed by atoms with Crippen LogP contribution >= 0.6 is 0 Å². The van der Waals surface area contributed by atoms with E-state index in [1.807, 2.05) is 43.3 Å². The van der Waals surface area contributed by atoms with Crippen LogP contribution in [-0.4, -0.2) is 32.1 Å². The van der Waals surface area contributed by atoms with E-state index in [9.17, 15) is 4.79 Å². The van der Waals surface area contributed by atoms with Crippen LogP contribution in [0.3, 0.4) is 0 Å². The molecule has 0 unspecified atom stereocenters. The number of anilines is 1. The quantitative estimate of drug-likeness (QED) is 0.844. The number of nitrogens with one attached hydrogen (secondary N) is 1. The Morgan fingerprint density at radius 1 is 1.44 bits per heavy atom. The van der Waals surface area contributed by atoms with Crippen LogP contribution in [0.5, 0.6) is 0 Å². The fraction of sp³-hybridized carbons (Fsp3) is 0.500. The zero-order valence-electron chi connectivity index (χ0n) is 11.1. The van der Waals surface area contributed by atoms with Crippen LogP contribution in [0.2, 0.25) is 0 Å². The third-order valence-electron chi connectivity index (χ3n) is 3.70. The van der Waals surface area contributed by atoms with Gasteiger partial charge in [-0.25, -0.2) is 0 Å². The Labute approximate surface area is 108 Å². The summed E-state index contributed by atoms with van der Waals surface area (Å²) in [5, 5.41) is 3.08. The van der Waals surface area contributed by atoms with Gasteiger partial charge in [-0.2, -0.15) is 0 Å². The van der Waals surface area contributed by atoms with Crippen molar-refractivity contribution in [1.29, 1.82) is 0 Å². The number of carbonyl (C=O) groups is 1. The summed E-state index contributed by atoms with van der Waals surface area (Å²) < 4.78 is 0. The molecule has 0 spiro atoms. The Hall–Kier alpha value is -1.55. The zero-order chi connectivity index (χ0) is 13.2. The number of carbonyl (C=O) groups excluding carboxylic acids is 1. The van der Waals surface area contributed by atoms with Gasteiger partial charge >= 0.3 is 0 Å². The molecule has 1 aromatic carbocycles. The van der Waals surface area contributed by atoms with Crippen molar-refractivity contribution < 1.29 is 4.79 Å². The van der Waals surface area contributed by atoms with E-state index in [4.69, 9.17) is 5.73 Å². The van der Waals surface area contributed by atoms with E-state index >= 15 is 0 Å². The highest BCUT2D eigenvalue weighted by atomic mass is 16.1. The van der Waals surface area contributed by atoms with Crippen LogP contribution in [0, 0.1) is 0 Å². The molecular weight excluding hydrogens is 226 g/mol. The predicted octanol–water partition coefficient (Wildman–Crippen LogP) is 1.36. The summed E-state index contributed by atoms with van der Waals surface area (Å²) in [6, 6.07) is 7.63. The Bertz CT molecular complexity index is 433. The third-order valence-corrected chi connectivity index (χ3v) is 3.70. The molecule has 0 atom stereocenters. The minimum Gasteiger partial charge on any atom is -0.378 e. The summed E-state index contributed by atoms with van der Waals surface area (Å²) in [7, 11) is 3.93. The van der Waals surface area contributed by atoms with Crippen LogP contribution in [0.1, 0.15) is 29.6 Å². The first-order chi connectivity index (χ1) is 8.56. The minimum absolute atomic E-state index is 0.0242. The van der Waals surface area contributed by atoms with Crippen LogP contribution in [-0.2, 0) is 0 Å². The smallest absolute Gasteiger partial charge is 0.251 e. The third kappa shape index (κ3) is 2.48. The molecule has 4 nitrogen and oxygen atoms in total. The van der Waals surface area contributed by atoms with Crippen molar-refractivity contribution >= 4 is 11.6 Å². The fourth-order valence-corrected chi connectivity index (χ4v) is 2.22. The predicted molar refractivity (Wildman–Crippen MR) is 73.9 cm³/mol. The number of rotatable bonds is 4. The standard InChI is InChI=1S/C14H21N3O/c1-17(2)12-6-3-5-11(9-12)13(18)16-14(10-15)7-4-8-14/h3,5-6,9H,4,7-8,10,15H2,1-2H3,(H,16,18). The highest BCUT2D eigenvalue weighted by Crippen LogP contribution is 2.31. The molecule has 0 bridgehead atoms. The number of nitrogens with zero attached hydrogens (tertiary/aromatic N) is 1. The molecule has 1 fully saturated rings. The first-order valence-corrected chi connectivity index (χ1v) is 6.36. The summed E-state index contributed by atoms with van der Waals surface area (Å²) in [6.45, 7) is 0.520. The maximum atomic E-state index is 12.2. The van der Waals surface area contributed by atoms with E-state index in [1.165, 1.54) is 0 Å². The van der Waals surface area contributed by atoms with Crippen molar-refractivity contribution in [3.05, 3.63) is 29.8 Å². The van der Waals surface area contributed by atoms with Crippen molar-refractivity contribution in [2.24, 2.45) is 5.73 Å². The highest BCUT2D eigenvalue weighted by Gasteiger charge is 2.37. The van der Waals surface area contributed by atoms with Gasteiger partial charge in [0.05, 0.1) is 5.54 Å². The molecule has 1 aliphatic carbocycles. The van der Waals surface area contributed by atoms with Crippen LogP contribution in [0.25, 0.3) is 0 Å². The number of benzene rings is 1. The van der Waals surface area contributed by atoms with E-state index in [0.29, 0.717) is 12.1 Å². The first-order valence-electron chi connectivity index (χ1n) is 6.36. The second-order valence-electron chi connectivity index (χ2n) is 5.24. The molecule has 2 rings (SSSR count). The van der Waals surface area contributed by atoms with Gasteiger partial charge in [0, 0.05) is 31.9 Å². The monoisotopic (exact) mass is 247 g/mol. The molecule has 1 aliphatic rings. The average molecular weight is 247 g/mol. The maximum Gasteiger partial charge on any atom is 0.251 e. The van der Waals surface area contributed by atoms with E-state index in [0.717, 1.165) is 24.9 Å². The van der Waals surface area contributed by atoms with Crippen LogP contribution in [0.4, 0.5) is 5.69 Å². The van der Waals surface area contributed by atoms with Gasteiger partial charge in [-0.05, 0) is 37.5 Å². The fourth-order valence-electron chi connectivity index (χ4n) is 2.22. The van der Waals surface area contributed by atoms with E-state index in [1.54, 1.807) is 0 Å². The number of nitrogens with two attached hydrogens (primary N) is 1. The SMILES string of the molecule is CN(C)c1cccc(C(=O)NC2(CN)CCC2)c1. The molecule has 0 saturated heterocycles. The number of hydrogen-bond acceptors (Lipinski definition) is 3. The van der Waals surface area contributed by atoms with Gasteiger partial charge in [0.2, 0.25) is 0 Å². The Morgan fingerprint density at radius 2 is 2.17 bits per heavy atom. The molecule has 18 heavy (non-hydrogen) atoms. The van der Waals surface area contributed by atoms with Crippen LogP contribution in [0.15, 0.2) is 24.3 Å². The summed E-state index contributed by atoms with van der Waals surface area (Å²) in [5.74, 6) is -0.0242. The summed E-state index contributed by atoms with van der Waals surface area (Å²) in [4.78, 5) is 14.2. The lowest BCUT2D eigenvalue weighted by Gasteiger charge is -2.41. The van der Waals surface area contributed by atoms with Crippen molar-refractivity contribution in [1.82, 2.24) is 5.32 Å². The lowest BCUT2D eigenvalue weighted by Crippen LogP contribution is -2.58. The van der Waals surface area contributed by atoms with Gasteiger partial charge in [0.25, 0.3) is 5.91 Å². The van der Waals surface area contributed by atoms with E-state index in [-0.39, 0.29) is 11.4 Å². The molecule has 0 heterocycles. The van der Waals surface area contributed by atoms with Crippen molar-refractivity contribution in [2.45, 2.75) is 24.8 Å². The Kier molecular flexibility index (Phi) is 3.57. The number of hydrogen-bond donors (Lipinski definition) is 2. The maximum absolute atomic E-state index is 12.2. The van der Waals surface area contributed by atoms with E-state index in [2.05, 4.69) is 5.32 Å². The van der Waals surface area contributed by atoms with Crippen molar-refractivity contribution in [2.75, 3.05) is 25.5 Å². The van der Waals surface area contributed by atoms with Crippen molar-refractivity contribution in [3.63, 3.8) is 0 Å². The molecule has 0 aliphatic heterocycles. The van der Waals surface area contributed by atoms with Gasteiger partial charge in [0.15, 0.2) is 0 Å². The molecule has 1 amide bonds. The van der Waals surface area contributed by atoms with Gasteiger partial charge in [0.1, 0.15) is 0 Å². The first kappa shape index (κ1) is 12.9. The highest BCUT2D eigenvalue weighted by molar-refractivity contribution is 5.95.